The van der Waals surface area contributed by atoms with Gasteiger partial charge in [0.15, 0.2) is 0 Å². The molecule has 0 radical (unpaired) electrons. The van der Waals surface area contributed by atoms with Crippen LogP contribution < -0.4 is 0 Å². The molecule has 0 aromatic heterocycles. The average molecular weight is 207 g/mol. The van der Waals surface area contributed by atoms with Crippen LogP contribution in [0.4, 0.5) is 0 Å². The van der Waals surface area contributed by atoms with Crippen LogP contribution in [-0.4, -0.2) is 0 Å². The first-order valence-electron chi connectivity index (χ1n) is 5.58. The summed E-state index contributed by atoms with van der Waals surface area (Å²) in [5, 5.41) is 0. The van der Waals surface area contributed by atoms with E-state index in [9.17, 15) is 0 Å². The topological polar surface area (TPSA) is 0 Å². The number of hydrogen-bond donors (Lipinski definition) is 0. The maximum Gasteiger partial charge on any atom is 0.0757 e. The van der Waals surface area contributed by atoms with Crippen molar-refractivity contribution in [2.45, 2.75) is 30.6 Å². The Labute approximate surface area is 90.3 Å². The predicted molar refractivity (Wildman–Crippen MR) is 59.4 cm³/mol. The van der Waals surface area contributed by atoms with Crippen molar-refractivity contribution in [2.24, 2.45) is 11.8 Å². The smallest absolute Gasteiger partial charge is 0.0757 e. The van der Waals surface area contributed by atoms with Gasteiger partial charge in [-0.05, 0) is 30.2 Å². The van der Waals surface area contributed by atoms with Crippen molar-refractivity contribution < 1.29 is 0 Å². The van der Waals surface area contributed by atoms with E-state index in [1.54, 1.807) is 0 Å². The third-order valence-electron chi connectivity index (χ3n) is 3.95. The van der Waals surface area contributed by atoms with Gasteiger partial charge in [-0.15, -0.1) is 11.6 Å². The molecule has 2 saturated carbocycles. The molecule has 3 atom stereocenters. The Kier molecular flexibility index (Phi) is 1.88. The molecule has 0 heterocycles. The second kappa shape index (κ2) is 3.00. The number of rotatable bonds is 1. The highest BCUT2D eigenvalue weighted by Gasteiger charge is 2.64. The summed E-state index contributed by atoms with van der Waals surface area (Å²) in [5.74, 6) is 1.53. The van der Waals surface area contributed by atoms with Gasteiger partial charge >= 0.3 is 0 Å². The van der Waals surface area contributed by atoms with E-state index in [1.165, 1.54) is 31.2 Å². The standard InChI is InChI=1S/C13H15Cl/c14-13(10-6-2-1-3-7-10)11-8-4-5-9-12(11)13/h1-3,6-7,11-12H,4-5,8-9H2/t11-,12+,13?. The molecule has 1 aromatic rings. The number of halogens is 1. The van der Waals surface area contributed by atoms with Crippen molar-refractivity contribution in [3.05, 3.63) is 35.9 Å². The van der Waals surface area contributed by atoms with Gasteiger partial charge in [0.2, 0.25) is 0 Å². The normalized spacial score (nSPS) is 40.4. The van der Waals surface area contributed by atoms with Gasteiger partial charge in [-0.25, -0.2) is 0 Å². The van der Waals surface area contributed by atoms with Gasteiger partial charge < -0.3 is 0 Å². The van der Waals surface area contributed by atoms with Crippen LogP contribution in [0.5, 0.6) is 0 Å². The fraction of sp³-hybridized carbons (Fsp3) is 0.538. The first-order chi connectivity index (χ1) is 6.83. The van der Waals surface area contributed by atoms with Gasteiger partial charge in [-0.2, -0.15) is 0 Å². The molecule has 2 fully saturated rings. The second-order valence-electron chi connectivity index (χ2n) is 4.63. The highest BCUT2D eigenvalue weighted by atomic mass is 35.5. The SMILES string of the molecule is ClC1(c2ccccc2)[C@@H]2CCCC[C@@H]21. The van der Waals surface area contributed by atoms with Gasteiger partial charge in [-0.1, -0.05) is 43.2 Å². The quantitative estimate of drug-likeness (QED) is 0.611. The maximum atomic E-state index is 6.74. The minimum atomic E-state index is 0.0117. The Hall–Kier alpha value is -0.490. The molecule has 1 unspecified atom stereocenters. The van der Waals surface area contributed by atoms with Crippen molar-refractivity contribution in [3.8, 4) is 0 Å². The highest BCUT2D eigenvalue weighted by molar-refractivity contribution is 6.26. The molecule has 3 rings (SSSR count). The van der Waals surface area contributed by atoms with Gasteiger partial charge in [0, 0.05) is 0 Å². The molecule has 0 saturated heterocycles. The number of benzene rings is 1. The summed E-state index contributed by atoms with van der Waals surface area (Å²) >= 11 is 6.74. The van der Waals surface area contributed by atoms with Crippen molar-refractivity contribution >= 4 is 11.6 Å². The van der Waals surface area contributed by atoms with E-state index < -0.39 is 0 Å². The highest BCUT2D eigenvalue weighted by Crippen LogP contribution is 2.68. The van der Waals surface area contributed by atoms with Crippen molar-refractivity contribution in [2.75, 3.05) is 0 Å². The molecule has 0 N–H and O–H groups in total. The lowest BCUT2D eigenvalue weighted by atomic mass is 10.0. The van der Waals surface area contributed by atoms with E-state index in [0.29, 0.717) is 0 Å². The van der Waals surface area contributed by atoms with Crippen LogP contribution in [0.2, 0.25) is 0 Å². The predicted octanol–water partition coefficient (Wildman–Crippen LogP) is 3.94. The Morgan fingerprint density at radius 2 is 1.57 bits per heavy atom. The lowest BCUT2D eigenvalue weighted by molar-refractivity contribution is 0.480. The average Bonchev–Trinajstić information content (AvgIpc) is 2.89. The van der Waals surface area contributed by atoms with Crippen molar-refractivity contribution in [1.82, 2.24) is 0 Å². The van der Waals surface area contributed by atoms with E-state index >= 15 is 0 Å². The van der Waals surface area contributed by atoms with E-state index in [4.69, 9.17) is 11.6 Å². The number of alkyl halides is 1. The van der Waals surface area contributed by atoms with Crippen LogP contribution in [0.3, 0.4) is 0 Å². The summed E-state index contributed by atoms with van der Waals surface area (Å²) in [6, 6.07) is 10.6. The van der Waals surface area contributed by atoms with Gasteiger partial charge in [0.05, 0.1) is 4.87 Å². The fourth-order valence-corrected chi connectivity index (χ4v) is 3.76. The van der Waals surface area contributed by atoms with Crippen LogP contribution in [0.25, 0.3) is 0 Å². The Morgan fingerprint density at radius 3 is 2.14 bits per heavy atom. The van der Waals surface area contributed by atoms with Crippen LogP contribution in [0.1, 0.15) is 31.2 Å². The molecule has 0 amide bonds. The van der Waals surface area contributed by atoms with Crippen LogP contribution in [-0.2, 0) is 4.87 Å². The minimum Gasteiger partial charge on any atom is -0.113 e. The van der Waals surface area contributed by atoms with Crippen molar-refractivity contribution in [1.29, 1.82) is 0 Å². The fourth-order valence-electron chi connectivity index (χ4n) is 3.17. The molecule has 14 heavy (non-hydrogen) atoms. The molecule has 0 bridgehead atoms. The molecule has 2 aliphatic carbocycles. The molecule has 74 valence electrons. The number of fused-ring (bicyclic) bond motifs is 1. The van der Waals surface area contributed by atoms with Crippen molar-refractivity contribution in [3.63, 3.8) is 0 Å². The lowest BCUT2D eigenvalue weighted by Gasteiger charge is -2.08. The summed E-state index contributed by atoms with van der Waals surface area (Å²) < 4.78 is 0. The van der Waals surface area contributed by atoms with Gasteiger partial charge in [-0.3, -0.25) is 0 Å². The summed E-state index contributed by atoms with van der Waals surface area (Å²) in [5.41, 5.74) is 1.35. The Bertz CT molecular complexity index is 318. The monoisotopic (exact) mass is 206 g/mol. The van der Waals surface area contributed by atoms with Crippen LogP contribution in [0, 0.1) is 11.8 Å². The summed E-state index contributed by atoms with van der Waals surface area (Å²) in [6.07, 6.45) is 5.43. The molecule has 0 aliphatic heterocycles. The zero-order valence-corrected chi connectivity index (χ0v) is 9.00. The third-order valence-corrected chi connectivity index (χ3v) is 4.73. The first-order valence-corrected chi connectivity index (χ1v) is 5.95. The zero-order valence-electron chi connectivity index (χ0n) is 8.25. The Morgan fingerprint density at radius 1 is 1.00 bits per heavy atom. The van der Waals surface area contributed by atoms with E-state index in [0.717, 1.165) is 11.8 Å². The van der Waals surface area contributed by atoms with E-state index in [1.807, 2.05) is 0 Å². The molecule has 1 heteroatoms. The lowest BCUT2D eigenvalue weighted by Crippen LogP contribution is -2.01. The van der Waals surface area contributed by atoms with E-state index in [2.05, 4.69) is 30.3 Å². The minimum absolute atomic E-state index is 0.0117. The molecule has 1 aromatic carbocycles. The largest absolute Gasteiger partial charge is 0.113 e. The molecule has 0 nitrogen and oxygen atoms in total. The molecule has 2 aliphatic rings. The summed E-state index contributed by atoms with van der Waals surface area (Å²) in [6.45, 7) is 0. The number of hydrogen-bond acceptors (Lipinski definition) is 0. The molecular weight excluding hydrogens is 192 g/mol. The zero-order chi connectivity index (χ0) is 9.60. The van der Waals surface area contributed by atoms with Gasteiger partial charge in [0.25, 0.3) is 0 Å². The Balaban J connectivity index is 1.92. The first kappa shape index (κ1) is 8.79. The maximum absolute atomic E-state index is 6.74. The molecular formula is C13H15Cl. The van der Waals surface area contributed by atoms with Crippen LogP contribution in [0.15, 0.2) is 30.3 Å². The molecule has 0 spiro atoms. The van der Waals surface area contributed by atoms with E-state index in [-0.39, 0.29) is 4.87 Å². The third kappa shape index (κ3) is 1.07. The second-order valence-corrected chi connectivity index (χ2v) is 5.26. The summed E-state index contributed by atoms with van der Waals surface area (Å²) in [7, 11) is 0. The van der Waals surface area contributed by atoms with Crippen LogP contribution >= 0.6 is 11.6 Å². The van der Waals surface area contributed by atoms with Gasteiger partial charge in [0.1, 0.15) is 0 Å². The summed E-state index contributed by atoms with van der Waals surface area (Å²) in [4.78, 5) is 0.0117.